The number of carbonyl (C=O) groups excluding carboxylic acids is 1. The van der Waals surface area contributed by atoms with Crippen molar-refractivity contribution >= 4 is 5.91 Å². The normalized spacial score (nSPS) is 19.0. The summed E-state index contributed by atoms with van der Waals surface area (Å²) < 4.78 is 5.51. The van der Waals surface area contributed by atoms with E-state index in [0.717, 1.165) is 38.5 Å². The molecule has 4 nitrogen and oxygen atoms in total. The summed E-state index contributed by atoms with van der Waals surface area (Å²) in [5.74, 6) is 2.42. The molecule has 2 aromatic carbocycles. The van der Waals surface area contributed by atoms with Crippen molar-refractivity contribution in [3.05, 3.63) is 65.2 Å². The van der Waals surface area contributed by atoms with Crippen molar-refractivity contribution in [2.45, 2.75) is 47.1 Å². The number of rotatable bonds is 9. The number of ether oxygens (including phenoxy) is 1. The van der Waals surface area contributed by atoms with Crippen LogP contribution in [0.15, 0.2) is 48.5 Å². The van der Waals surface area contributed by atoms with Gasteiger partial charge in [0.15, 0.2) is 0 Å². The average Bonchev–Trinajstić information content (AvgIpc) is 3.14. The van der Waals surface area contributed by atoms with Gasteiger partial charge in [-0.3, -0.25) is 9.69 Å². The van der Waals surface area contributed by atoms with E-state index < -0.39 is 0 Å². The smallest absolute Gasteiger partial charge is 0.225 e. The number of amides is 1. The first kappa shape index (κ1) is 24.3. The molecule has 0 bridgehead atoms. The van der Waals surface area contributed by atoms with Crippen molar-refractivity contribution < 1.29 is 9.53 Å². The zero-order valence-corrected chi connectivity index (χ0v) is 20.7. The van der Waals surface area contributed by atoms with Gasteiger partial charge in [-0.15, -0.1) is 0 Å². The van der Waals surface area contributed by atoms with Gasteiger partial charge in [0.1, 0.15) is 5.75 Å². The highest BCUT2D eigenvalue weighted by Crippen LogP contribution is 2.36. The van der Waals surface area contributed by atoms with Gasteiger partial charge in [0.2, 0.25) is 5.91 Å². The molecule has 1 saturated heterocycles. The first-order valence-corrected chi connectivity index (χ1v) is 12.0. The zero-order valence-electron chi connectivity index (χ0n) is 20.7. The molecule has 0 unspecified atom stereocenters. The Morgan fingerprint density at radius 3 is 2.50 bits per heavy atom. The number of carbonyl (C=O) groups is 1. The lowest BCUT2D eigenvalue weighted by atomic mass is 9.88. The molecule has 0 saturated carbocycles. The predicted molar refractivity (Wildman–Crippen MR) is 132 cm³/mol. The van der Waals surface area contributed by atoms with Crippen LogP contribution in [0, 0.1) is 24.7 Å². The maximum Gasteiger partial charge on any atom is 0.225 e. The molecule has 2 aromatic rings. The fourth-order valence-corrected chi connectivity index (χ4v) is 4.94. The Bertz CT molecular complexity index is 893. The zero-order chi connectivity index (χ0) is 23.3. The minimum atomic E-state index is 0.0221. The maximum atomic E-state index is 13.0. The van der Waals surface area contributed by atoms with Crippen LogP contribution < -0.4 is 4.74 Å². The average molecular weight is 437 g/mol. The third-order valence-corrected chi connectivity index (χ3v) is 6.37. The number of methoxy groups -OCH3 is 1. The molecule has 1 heterocycles. The maximum absolute atomic E-state index is 13.0. The molecule has 0 spiro atoms. The first-order valence-electron chi connectivity index (χ1n) is 12.0. The largest absolute Gasteiger partial charge is 0.497 e. The second kappa shape index (κ2) is 11.0. The minimum Gasteiger partial charge on any atom is -0.497 e. The first-order chi connectivity index (χ1) is 15.3. The molecule has 174 valence electrons. The van der Waals surface area contributed by atoms with Gasteiger partial charge < -0.3 is 9.64 Å². The van der Waals surface area contributed by atoms with Gasteiger partial charge in [0.05, 0.1) is 7.11 Å². The van der Waals surface area contributed by atoms with Crippen LogP contribution in [0.25, 0.3) is 0 Å². The van der Waals surface area contributed by atoms with Gasteiger partial charge in [0, 0.05) is 44.6 Å². The number of benzene rings is 2. The van der Waals surface area contributed by atoms with E-state index in [1.54, 1.807) is 7.11 Å². The summed E-state index contributed by atoms with van der Waals surface area (Å²) in [6.07, 6.45) is 0. The SMILES string of the molecule is COc1cccc([C@H]2CN(Cc3cccc(C)c3)C[C@@H]2CN(CC(C)C)C(=O)C(C)C)c1. The van der Waals surface area contributed by atoms with E-state index in [9.17, 15) is 4.79 Å². The summed E-state index contributed by atoms with van der Waals surface area (Å²) in [6, 6.07) is 17.3. The molecular weight excluding hydrogens is 396 g/mol. The number of nitrogens with zero attached hydrogens (tertiary/aromatic N) is 2. The van der Waals surface area contributed by atoms with Crippen LogP contribution in [0.5, 0.6) is 5.75 Å². The van der Waals surface area contributed by atoms with E-state index in [1.807, 2.05) is 19.9 Å². The molecule has 1 fully saturated rings. The Labute approximate surface area is 194 Å². The summed E-state index contributed by atoms with van der Waals surface area (Å²) in [5, 5.41) is 0. The third kappa shape index (κ3) is 6.35. The predicted octanol–water partition coefficient (Wildman–Crippen LogP) is 5.36. The molecule has 4 heteroatoms. The van der Waals surface area contributed by atoms with Crippen molar-refractivity contribution in [1.82, 2.24) is 9.80 Å². The summed E-state index contributed by atoms with van der Waals surface area (Å²) in [5.41, 5.74) is 3.96. The van der Waals surface area contributed by atoms with Crippen LogP contribution in [0.1, 0.15) is 50.3 Å². The fraction of sp³-hybridized carbons (Fsp3) is 0.536. The van der Waals surface area contributed by atoms with Gasteiger partial charge >= 0.3 is 0 Å². The molecule has 0 radical (unpaired) electrons. The van der Waals surface area contributed by atoms with Crippen molar-refractivity contribution in [2.75, 3.05) is 33.3 Å². The highest BCUT2D eigenvalue weighted by Gasteiger charge is 2.36. The van der Waals surface area contributed by atoms with Crippen molar-refractivity contribution in [1.29, 1.82) is 0 Å². The molecule has 2 atom stereocenters. The second-order valence-electron chi connectivity index (χ2n) is 10.1. The number of aryl methyl sites for hydroxylation is 1. The Kier molecular flexibility index (Phi) is 8.36. The van der Waals surface area contributed by atoms with Crippen molar-refractivity contribution in [3.63, 3.8) is 0 Å². The lowest BCUT2D eigenvalue weighted by Gasteiger charge is -2.31. The van der Waals surface area contributed by atoms with Crippen LogP contribution in [0.3, 0.4) is 0 Å². The standard InChI is InChI=1S/C28H40N2O2/c1-20(2)15-30(28(31)21(3)4)18-25-17-29(16-23-10-7-9-22(5)13-23)19-27(25)24-11-8-12-26(14-24)32-6/h7-14,20-21,25,27H,15-19H2,1-6H3/t25-,27-/m1/s1. The molecule has 0 aliphatic carbocycles. The molecule has 1 aliphatic heterocycles. The fourth-order valence-electron chi connectivity index (χ4n) is 4.94. The van der Waals surface area contributed by atoms with E-state index in [1.165, 1.54) is 16.7 Å². The van der Waals surface area contributed by atoms with E-state index >= 15 is 0 Å². The molecular formula is C28H40N2O2. The van der Waals surface area contributed by atoms with Crippen LogP contribution in [0.4, 0.5) is 0 Å². The lowest BCUT2D eigenvalue weighted by molar-refractivity contribution is -0.135. The van der Waals surface area contributed by atoms with Gasteiger partial charge in [-0.1, -0.05) is 69.7 Å². The quantitative estimate of drug-likeness (QED) is 0.530. The van der Waals surface area contributed by atoms with Crippen LogP contribution in [-0.4, -0.2) is 49.0 Å². The second-order valence-corrected chi connectivity index (χ2v) is 10.1. The van der Waals surface area contributed by atoms with Gasteiger partial charge in [-0.25, -0.2) is 0 Å². The van der Waals surface area contributed by atoms with Crippen LogP contribution >= 0.6 is 0 Å². The summed E-state index contributed by atoms with van der Waals surface area (Å²) in [7, 11) is 1.72. The molecule has 0 N–H and O–H groups in total. The molecule has 1 aliphatic rings. The third-order valence-electron chi connectivity index (χ3n) is 6.37. The van der Waals surface area contributed by atoms with Crippen LogP contribution in [0.2, 0.25) is 0 Å². The summed E-state index contributed by atoms with van der Waals surface area (Å²) in [4.78, 5) is 17.7. The lowest BCUT2D eigenvalue weighted by Crippen LogP contribution is -2.41. The van der Waals surface area contributed by atoms with E-state index in [4.69, 9.17) is 4.74 Å². The molecule has 32 heavy (non-hydrogen) atoms. The number of hydrogen-bond acceptors (Lipinski definition) is 3. The summed E-state index contributed by atoms with van der Waals surface area (Å²) >= 11 is 0. The van der Waals surface area contributed by atoms with Gasteiger partial charge in [-0.05, 0) is 42.0 Å². The van der Waals surface area contributed by atoms with Crippen molar-refractivity contribution in [3.8, 4) is 5.75 Å². The van der Waals surface area contributed by atoms with E-state index in [0.29, 0.717) is 17.8 Å². The summed E-state index contributed by atoms with van der Waals surface area (Å²) in [6.45, 7) is 15.1. The topological polar surface area (TPSA) is 32.8 Å². The van der Waals surface area contributed by atoms with Gasteiger partial charge in [0.25, 0.3) is 0 Å². The number of hydrogen-bond donors (Lipinski definition) is 0. The van der Waals surface area contributed by atoms with Crippen LogP contribution in [-0.2, 0) is 11.3 Å². The highest BCUT2D eigenvalue weighted by molar-refractivity contribution is 5.78. The van der Waals surface area contributed by atoms with E-state index in [2.05, 4.69) is 73.0 Å². The molecule has 1 amide bonds. The van der Waals surface area contributed by atoms with E-state index in [-0.39, 0.29) is 11.8 Å². The Morgan fingerprint density at radius 2 is 1.84 bits per heavy atom. The monoisotopic (exact) mass is 436 g/mol. The van der Waals surface area contributed by atoms with Gasteiger partial charge in [-0.2, -0.15) is 0 Å². The number of likely N-dealkylation sites (tertiary alicyclic amines) is 1. The highest BCUT2D eigenvalue weighted by atomic mass is 16.5. The van der Waals surface area contributed by atoms with Crippen molar-refractivity contribution in [2.24, 2.45) is 17.8 Å². The molecule has 3 rings (SSSR count). The Balaban J connectivity index is 1.85. The minimum absolute atomic E-state index is 0.0221. The Morgan fingerprint density at radius 1 is 1.09 bits per heavy atom. The molecule has 0 aromatic heterocycles. The Hall–Kier alpha value is -2.33.